The molecule has 0 unspecified atom stereocenters. The number of nitrogens with one attached hydrogen (secondary N) is 1. The van der Waals surface area contributed by atoms with Gasteiger partial charge >= 0.3 is 0 Å². The third-order valence-corrected chi connectivity index (χ3v) is 4.30. The first kappa shape index (κ1) is 17.3. The van der Waals surface area contributed by atoms with E-state index in [0.717, 1.165) is 24.2 Å². The Labute approximate surface area is 138 Å². The number of likely N-dealkylation sites (tertiary alicyclic amines) is 1. The summed E-state index contributed by atoms with van der Waals surface area (Å²) in [4.78, 5) is 26.1. The molecule has 5 heteroatoms. The van der Waals surface area contributed by atoms with Gasteiger partial charge in [0.1, 0.15) is 5.75 Å². The second-order valence-corrected chi connectivity index (χ2v) is 6.32. The molecule has 0 bridgehead atoms. The first-order chi connectivity index (χ1) is 11.0. The Morgan fingerprint density at radius 2 is 1.83 bits per heavy atom. The van der Waals surface area contributed by atoms with Crippen LogP contribution in [0, 0.1) is 11.8 Å². The number of carbonyl (C=O) groups excluding carboxylic acids is 2. The molecule has 0 radical (unpaired) electrons. The van der Waals surface area contributed by atoms with Gasteiger partial charge in [0, 0.05) is 31.5 Å². The number of methoxy groups -OCH3 is 1. The average molecular weight is 318 g/mol. The second-order valence-electron chi connectivity index (χ2n) is 6.32. The van der Waals surface area contributed by atoms with Gasteiger partial charge in [-0.2, -0.15) is 0 Å². The highest BCUT2D eigenvalue weighted by atomic mass is 16.5. The van der Waals surface area contributed by atoms with Crippen molar-refractivity contribution < 1.29 is 14.3 Å². The summed E-state index contributed by atoms with van der Waals surface area (Å²) in [6, 6.07) is 7.67. The van der Waals surface area contributed by atoms with Gasteiger partial charge in [0.15, 0.2) is 0 Å². The predicted octanol–water partition coefficient (Wildman–Crippen LogP) is 2.21. The quantitative estimate of drug-likeness (QED) is 0.905. The molecule has 23 heavy (non-hydrogen) atoms. The number of nitrogens with zero attached hydrogens (tertiary/aromatic N) is 1. The number of ether oxygens (including phenoxy) is 1. The second kappa shape index (κ2) is 7.99. The molecule has 2 rings (SSSR count). The van der Waals surface area contributed by atoms with Gasteiger partial charge in [0.25, 0.3) is 0 Å². The van der Waals surface area contributed by atoms with Crippen molar-refractivity contribution in [2.45, 2.75) is 33.2 Å². The van der Waals surface area contributed by atoms with Crippen LogP contribution in [0.1, 0.15) is 32.3 Å². The molecule has 0 aliphatic carbocycles. The van der Waals surface area contributed by atoms with Crippen LogP contribution in [0.5, 0.6) is 5.75 Å². The summed E-state index contributed by atoms with van der Waals surface area (Å²) in [5.41, 5.74) is 1.05. The van der Waals surface area contributed by atoms with E-state index in [2.05, 4.69) is 5.32 Å². The molecule has 1 N–H and O–H groups in total. The normalized spacial score (nSPS) is 15.6. The van der Waals surface area contributed by atoms with Gasteiger partial charge < -0.3 is 15.0 Å². The molecule has 1 aliphatic heterocycles. The van der Waals surface area contributed by atoms with Crippen molar-refractivity contribution in [3.8, 4) is 5.75 Å². The summed E-state index contributed by atoms with van der Waals surface area (Å²) in [5, 5.41) is 2.99. The molecule has 1 heterocycles. The summed E-state index contributed by atoms with van der Waals surface area (Å²) in [6.07, 6.45) is 1.49. The fourth-order valence-electron chi connectivity index (χ4n) is 2.80. The zero-order valence-electron chi connectivity index (χ0n) is 14.2. The van der Waals surface area contributed by atoms with Gasteiger partial charge in [-0.25, -0.2) is 0 Å². The Morgan fingerprint density at radius 1 is 1.22 bits per heavy atom. The maximum atomic E-state index is 12.3. The van der Waals surface area contributed by atoms with Crippen LogP contribution in [0.3, 0.4) is 0 Å². The van der Waals surface area contributed by atoms with Crippen molar-refractivity contribution >= 4 is 11.8 Å². The fraction of sp³-hybridized carbons (Fsp3) is 0.556. The first-order valence-electron chi connectivity index (χ1n) is 8.20. The largest absolute Gasteiger partial charge is 0.497 e. The molecular weight excluding hydrogens is 292 g/mol. The smallest absolute Gasteiger partial charge is 0.225 e. The van der Waals surface area contributed by atoms with Crippen molar-refractivity contribution in [2.24, 2.45) is 11.8 Å². The molecule has 2 amide bonds. The number of hydrogen-bond acceptors (Lipinski definition) is 3. The van der Waals surface area contributed by atoms with Crippen LogP contribution in [-0.4, -0.2) is 36.9 Å². The molecular formula is C18H26N2O3. The third kappa shape index (κ3) is 4.71. The lowest BCUT2D eigenvalue weighted by Gasteiger charge is -2.32. The van der Waals surface area contributed by atoms with Gasteiger partial charge in [-0.3, -0.25) is 9.59 Å². The van der Waals surface area contributed by atoms with E-state index < -0.39 is 0 Å². The Kier molecular flexibility index (Phi) is 6.02. The molecule has 1 saturated heterocycles. The van der Waals surface area contributed by atoms with Gasteiger partial charge in [-0.05, 0) is 30.5 Å². The maximum Gasteiger partial charge on any atom is 0.225 e. The van der Waals surface area contributed by atoms with E-state index in [0.29, 0.717) is 19.6 Å². The summed E-state index contributed by atoms with van der Waals surface area (Å²) in [6.45, 7) is 5.70. The van der Waals surface area contributed by atoms with E-state index in [4.69, 9.17) is 4.74 Å². The minimum absolute atomic E-state index is 0.00413. The molecule has 1 aromatic carbocycles. The fourth-order valence-corrected chi connectivity index (χ4v) is 2.80. The van der Waals surface area contributed by atoms with Crippen LogP contribution in [0.25, 0.3) is 0 Å². The lowest BCUT2D eigenvalue weighted by Crippen LogP contribution is -2.44. The molecule has 0 spiro atoms. The summed E-state index contributed by atoms with van der Waals surface area (Å²) in [5.74, 6) is 1.10. The van der Waals surface area contributed by atoms with Crippen LogP contribution >= 0.6 is 0 Å². The number of benzene rings is 1. The summed E-state index contributed by atoms with van der Waals surface area (Å²) < 4.78 is 5.12. The number of rotatable bonds is 5. The minimum Gasteiger partial charge on any atom is -0.497 e. The summed E-state index contributed by atoms with van der Waals surface area (Å²) in [7, 11) is 1.63. The Hall–Kier alpha value is -2.04. The van der Waals surface area contributed by atoms with Crippen molar-refractivity contribution in [3.63, 3.8) is 0 Å². The number of amides is 2. The highest BCUT2D eigenvalue weighted by Gasteiger charge is 2.27. The zero-order chi connectivity index (χ0) is 16.8. The highest BCUT2D eigenvalue weighted by molar-refractivity contribution is 5.80. The molecule has 1 fully saturated rings. The van der Waals surface area contributed by atoms with Crippen molar-refractivity contribution in [1.29, 1.82) is 0 Å². The topological polar surface area (TPSA) is 58.6 Å². The minimum atomic E-state index is 0.00413. The number of carbonyl (C=O) groups is 2. The molecule has 1 aromatic rings. The van der Waals surface area contributed by atoms with Crippen LogP contribution < -0.4 is 10.1 Å². The highest BCUT2D eigenvalue weighted by Crippen LogP contribution is 2.19. The van der Waals surface area contributed by atoms with Gasteiger partial charge in [0.2, 0.25) is 11.8 Å². The Balaban J connectivity index is 1.77. The van der Waals surface area contributed by atoms with E-state index in [9.17, 15) is 9.59 Å². The van der Waals surface area contributed by atoms with Crippen molar-refractivity contribution in [3.05, 3.63) is 29.8 Å². The molecule has 1 aliphatic rings. The SMILES string of the molecule is COc1ccc(CNC(=O)C2CCN(C(=O)C(C)C)CC2)cc1. The van der Waals surface area contributed by atoms with Crippen LogP contribution in [-0.2, 0) is 16.1 Å². The molecule has 5 nitrogen and oxygen atoms in total. The van der Waals surface area contributed by atoms with E-state index >= 15 is 0 Å². The Morgan fingerprint density at radius 3 is 2.35 bits per heavy atom. The van der Waals surface area contributed by atoms with Crippen molar-refractivity contribution in [1.82, 2.24) is 10.2 Å². The lowest BCUT2D eigenvalue weighted by molar-refractivity contribution is -0.138. The number of piperidine rings is 1. The first-order valence-corrected chi connectivity index (χ1v) is 8.20. The molecule has 0 aromatic heterocycles. The van der Waals surface area contributed by atoms with Gasteiger partial charge in [0.05, 0.1) is 7.11 Å². The third-order valence-electron chi connectivity index (χ3n) is 4.30. The van der Waals surface area contributed by atoms with E-state index in [-0.39, 0.29) is 23.7 Å². The van der Waals surface area contributed by atoms with Gasteiger partial charge in [-0.1, -0.05) is 26.0 Å². The average Bonchev–Trinajstić information content (AvgIpc) is 2.59. The van der Waals surface area contributed by atoms with Gasteiger partial charge in [-0.15, -0.1) is 0 Å². The zero-order valence-corrected chi connectivity index (χ0v) is 14.2. The predicted molar refractivity (Wildman–Crippen MR) is 89.0 cm³/mol. The van der Waals surface area contributed by atoms with E-state index in [1.54, 1.807) is 7.11 Å². The van der Waals surface area contributed by atoms with Crippen LogP contribution in [0.2, 0.25) is 0 Å². The lowest BCUT2D eigenvalue weighted by atomic mass is 9.95. The summed E-state index contributed by atoms with van der Waals surface area (Å²) >= 11 is 0. The monoisotopic (exact) mass is 318 g/mol. The maximum absolute atomic E-state index is 12.3. The molecule has 0 atom stereocenters. The van der Waals surface area contributed by atoms with E-state index in [1.165, 1.54) is 0 Å². The molecule has 126 valence electrons. The molecule has 0 saturated carbocycles. The standard InChI is InChI=1S/C18H26N2O3/c1-13(2)18(22)20-10-8-15(9-11-20)17(21)19-12-14-4-6-16(23-3)7-5-14/h4-7,13,15H,8-12H2,1-3H3,(H,19,21). The van der Waals surface area contributed by atoms with Crippen LogP contribution in [0.15, 0.2) is 24.3 Å². The Bertz CT molecular complexity index is 532. The number of hydrogen-bond donors (Lipinski definition) is 1. The van der Waals surface area contributed by atoms with Crippen LogP contribution in [0.4, 0.5) is 0 Å². The van der Waals surface area contributed by atoms with E-state index in [1.807, 2.05) is 43.0 Å². The van der Waals surface area contributed by atoms with Crippen molar-refractivity contribution in [2.75, 3.05) is 20.2 Å².